The van der Waals surface area contributed by atoms with E-state index in [2.05, 4.69) is 13.8 Å². The third kappa shape index (κ3) is 50.6. The Hall–Kier alpha value is -0.900. The molecule has 0 aliphatic rings. The molecule has 0 fully saturated rings. The molecule has 0 aromatic carbocycles. The van der Waals surface area contributed by atoms with Gasteiger partial charge in [-0.1, -0.05) is 123 Å². The second kappa shape index (κ2) is 35.5. The summed E-state index contributed by atoms with van der Waals surface area (Å²) in [6.07, 6.45) is 27.0. The fourth-order valence-corrected chi connectivity index (χ4v) is 3.14. The van der Waals surface area contributed by atoms with Crippen LogP contribution in [-0.4, -0.2) is 29.1 Å². The number of aldehydes is 1. The third-order valence-electron chi connectivity index (χ3n) is 4.94. The van der Waals surface area contributed by atoms with Crippen LogP contribution in [0.5, 0.6) is 0 Å². The predicted octanol–water partition coefficient (Wildman–Crippen LogP) is 8.10. The number of carboxylic acids is 1. The summed E-state index contributed by atoms with van der Waals surface area (Å²) in [5.41, 5.74) is 0. The lowest BCUT2D eigenvalue weighted by atomic mass is 10.1. The van der Waals surface area contributed by atoms with Gasteiger partial charge in [0.2, 0.25) is 0 Å². The Morgan fingerprint density at radius 1 is 0.600 bits per heavy atom. The topological polar surface area (TPSA) is 74.6 Å². The molecular weight excluding hydrogens is 376 g/mol. The fourth-order valence-electron chi connectivity index (χ4n) is 3.14. The monoisotopic (exact) mass is 430 g/mol. The van der Waals surface area contributed by atoms with Gasteiger partial charge in [-0.2, -0.15) is 0 Å². The quantitative estimate of drug-likeness (QED) is 0.151. The summed E-state index contributed by atoms with van der Waals surface area (Å²) in [6.45, 7) is 5.96. The second-order valence-electron chi connectivity index (χ2n) is 8.21. The minimum absolute atomic E-state index is 0.372. The first-order valence-electron chi connectivity index (χ1n) is 12.8. The Morgan fingerprint density at radius 3 is 1.13 bits per heavy atom. The summed E-state index contributed by atoms with van der Waals surface area (Å²) in [4.78, 5) is 19.0. The van der Waals surface area contributed by atoms with E-state index < -0.39 is 5.97 Å². The molecule has 0 unspecified atom stereocenters. The van der Waals surface area contributed by atoms with Gasteiger partial charge in [-0.25, -0.2) is 0 Å². The van der Waals surface area contributed by atoms with Crippen molar-refractivity contribution in [2.45, 2.75) is 149 Å². The van der Waals surface area contributed by atoms with Gasteiger partial charge in [0.05, 0.1) is 0 Å². The van der Waals surface area contributed by atoms with E-state index >= 15 is 0 Å². The Balaban J connectivity index is -0.000000412. The van der Waals surface area contributed by atoms with Gasteiger partial charge >= 0.3 is 0 Å². The first-order valence-corrected chi connectivity index (χ1v) is 12.8. The van der Waals surface area contributed by atoms with E-state index in [1.807, 2.05) is 0 Å². The molecule has 0 saturated heterocycles. The van der Waals surface area contributed by atoms with Crippen LogP contribution in [0.25, 0.3) is 0 Å². The van der Waals surface area contributed by atoms with Crippen LogP contribution in [0.4, 0.5) is 0 Å². The van der Waals surface area contributed by atoms with E-state index in [9.17, 15) is 4.79 Å². The number of unbranched alkanes of at least 4 members (excludes halogenated alkanes) is 18. The minimum Gasteiger partial charge on any atom is -0.481 e. The lowest BCUT2D eigenvalue weighted by molar-refractivity contribution is -0.134. The van der Waals surface area contributed by atoms with Gasteiger partial charge in [-0.3, -0.25) is 4.79 Å². The van der Waals surface area contributed by atoms with Gasteiger partial charge in [0.15, 0.2) is 0 Å². The maximum absolute atomic E-state index is 10.0. The summed E-state index contributed by atoms with van der Waals surface area (Å²) in [7, 11) is 0. The lowest BCUT2D eigenvalue weighted by Crippen LogP contribution is -1.84. The van der Waals surface area contributed by atoms with Gasteiger partial charge in [0, 0.05) is 20.0 Å². The van der Waals surface area contributed by atoms with Crippen LogP contribution in [0.15, 0.2) is 0 Å². The van der Waals surface area contributed by atoms with Crippen LogP contribution in [0.1, 0.15) is 149 Å². The number of rotatable bonds is 20. The molecule has 0 heterocycles. The molecule has 0 atom stereocenters. The van der Waals surface area contributed by atoms with Crippen LogP contribution in [-0.2, 0) is 9.59 Å². The summed E-state index contributed by atoms with van der Waals surface area (Å²) in [5.74, 6) is -0.833. The van der Waals surface area contributed by atoms with Crippen molar-refractivity contribution < 1.29 is 19.8 Å². The van der Waals surface area contributed by atoms with Crippen LogP contribution >= 0.6 is 0 Å². The molecule has 0 amide bonds. The summed E-state index contributed by atoms with van der Waals surface area (Å²) < 4.78 is 0. The molecular formula is C26H54O4. The first kappa shape index (κ1) is 33.7. The van der Waals surface area contributed by atoms with Crippen molar-refractivity contribution in [3.63, 3.8) is 0 Å². The van der Waals surface area contributed by atoms with Crippen molar-refractivity contribution in [2.24, 2.45) is 0 Å². The van der Waals surface area contributed by atoms with Crippen molar-refractivity contribution in [1.29, 1.82) is 0 Å². The van der Waals surface area contributed by atoms with Gasteiger partial charge in [-0.05, 0) is 12.8 Å². The molecule has 0 aliphatic heterocycles. The van der Waals surface area contributed by atoms with Crippen molar-refractivity contribution in [3.05, 3.63) is 0 Å². The second-order valence-corrected chi connectivity index (χ2v) is 8.21. The minimum atomic E-state index is -0.833. The Morgan fingerprint density at radius 2 is 0.867 bits per heavy atom. The molecule has 4 heteroatoms. The highest BCUT2D eigenvalue weighted by molar-refractivity contribution is 5.62. The summed E-state index contributed by atoms with van der Waals surface area (Å²) in [6, 6.07) is 0. The number of carbonyl (C=O) groups is 2. The molecule has 30 heavy (non-hydrogen) atoms. The Bertz CT molecular complexity index is 291. The van der Waals surface area contributed by atoms with E-state index in [0.717, 1.165) is 32.5 Å². The maximum Gasteiger partial charge on any atom is 0.300 e. The Labute approximate surface area is 188 Å². The normalized spacial score (nSPS) is 9.87. The van der Waals surface area contributed by atoms with Crippen LogP contribution in [0, 0.1) is 0 Å². The molecule has 0 aromatic rings. The summed E-state index contributed by atoms with van der Waals surface area (Å²) in [5, 5.41) is 16.0. The number of aliphatic hydroxyl groups excluding tert-OH is 1. The fraction of sp³-hybridized carbons (Fsp3) is 0.923. The molecule has 0 radical (unpaired) electrons. The average molecular weight is 431 g/mol. The molecule has 2 N–H and O–H groups in total. The van der Waals surface area contributed by atoms with Crippen LogP contribution in [0.3, 0.4) is 0 Å². The highest BCUT2D eigenvalue weighted by Crippen LogP contribution is 2.10. The number of aliphatic carboxylic acids is 1. The largest absolute Gasteiger partial charge is 0.481 e. The smallest absolute Gasteiger partial charge is 0.300 e. The van der Waals surface area contributed by atoms with Gasteiger partial charge in [-0.15, -0.1) is 0 Å². The van der Waals surface area contributed by atoms with E-state index in [1.165, 1.54) is 109 Å². The van der Waals surface area contributed by atoms with Crippen molar-refractivity contribution >= 4 is 12.3 Å². The molecule has 0 aromatic heterocycles. The highest BCUT2D eigenvalue weighted by Gasteiger charge is 1.92. The SMILES string of the molecule is CC(=O)O.CCCCCCCCCCCC=O.CCCCCCCCCCCCO. The molecule has 0 spiro atoms. The van der Waals surface area contributed by atoms with Crippen LogP contribution < -0.4 is 0 Å². The molecule has 4 nitrogen and oxygen atoms in total. The van der Waals surface area contributed by atoms with Crippen LogP contribution in [0.2, 0.25) is 0 Å². The third-order valence-corrected chi connectivity index (χ3v) is 4.94. The van der Waals surface area contributed by atoms with Gasteiger partial charge in [0.1, 0.15) is 6.29 Å². The number of carboxylic acid groups (broad SMARTS) is 1. The average Bonchev–Trinajstić information content (AvgIpc) is 2.71. The van der Waals surface area contributed by atoms with Crippen molar-refractivity contribution in [3.8, 4) is 0 Å². The molecule has 0 rings (SSSR count). The standard InChI is InChI=1S/C12H26O.C12H24O.C2H4O2/c2*1-2-3-4-5-6-7-8-9-10-11-12-13;1-2(3)4/h13H,2-12H2,1H3;12H,2-11H2,1H3;1H3,(H,3,4). The van der Waals surface area contributed by atoms with E-state index in [1.54, 1.807) is 0 Å². The molecule has 182 valence electrons. The zero-order valence-electron chi connectivity index (χ0n) is 20.6. The van der Waals surface area contributed by atoms with E-state index in [4.69, 9.17) is 15.0 Å². The molecule has 0 saturated carbocycles. The maximum atomic E-state index is 10.0. The highest BCUT2D eigenvalue weighted by atomic mass is 16.4. The van der Waals surface area contributed by atoms with Crippen molar-refractivity contribution in [2.75, 3.05) is 6.61 Å². The van der Waals surface area contributed by atoms with Crippen molar-refractivity contribution in [1.82, 2.24) is 0 Å². The molecule has 0 bridgehead atoms. The van der Waals surface area contributed by atoms with Gasteiger partial charge < -0.3 is 15.0 Å². The zero-order chi connectivity index (χ0) is 23.1. The number of carbonyl (C=O) groups excluding carboxylic acids is 1. The Kier molecular flexibility index (Phi) is 39.9. The number of hydrogen-bond donors (Lipinski definition) is 2. The van der Waals surface area contributed by atoms with Gasteiger partial charge in [0.25, 0.3) is 5.97 Å². The molecule has 0 aliphatic carbocycles. The first-order chi connectivity index (χ1) is 14.6. The van der Waals surface area contributed by atoms with E-state index in [0.29, 0.717) is 6.61 Å². The zero-order valence-corrected chi connectivity index (χ0v) is 20.6. The number of hydrogen-bond acceptors (Lipinski definition) is 3. The van der Waals surface area contributed by atoms with E-state index in [-0.39, 0.29) is 0 Å². The predicted molar refractivity (Wildman–Crippen MR) is 130 cm³/mol. The summed E-state index contributed by atoms with van der Waals surface area (Å²) >= 11 is 0. The number of aliphatic hydroxyl groups is 1. The lowest BCUT2D eigenvalue weighted by Gasteiger charge is -2.00.